The molecule has 8 nitrogen and oxygen atoms in total. The van der Waals surface area contributed by atoms with Crippen molar-refractivity contribution in [2.75, 3.05) is 20.3 Å². The van der Waals surface area contributed by atoms with Crippen LogP contribution in [0.2, 0.25) is 0 Å². The van der Waals surface area contributed by atoms with E-state index in [0.717, 1.165) is 16.9 Å². The van der Waals surface area contributed by atoms with E-state index in [1.165, 1.54) is 7.11 Å². The van der Waals surface area contributed by atoms with Crippen LogP contribution in [0, 0.1) is 6.92 Å². The van der Waals surface area contributed by atoms with E-state index in [2.05, 4.69) is 15.3 Å². The second kappa shape index (κ2) is 9.76. The number of amides is 1. The van der Waals surface area contributed by atoms with Gasteiger partial charge in [0.15, 0.2) is 12.4 Å². The fraction of sp³-hybridized carbons (Fsp3) is 0.238. The first-order chi connectivity index (χ1) is 14.8. The highest BCUT2D eigenvalue weighted by atomic mass is 35.5. The topological polar surface area (TPSA) is 110 Å². The molecule has 3 aromatic rings. The number of H-pyrrole nitrogens is 1. The average Bonchev–Trinajstić information content (AvgIpc) is 3.09. The Morgan fingerprint density at radius 1 is 1.29 bits per heavy atom. The van der Waals surface area contributed by atoms with Crippen LogP contribution in [0.3, 0.4) is 0 Å². The standard InChI is InChI=1S/C21H20ClN3O5S/c1-4-23-15(26)10-30-13-7-5-12(6-8-13)9-14(22)18-24-19(27)16-11(2)17(21(28)29-3)31-20(16)25-18/h5-9H,4,10H2,1-3H3,(H,23,26)(H,24,25,27)/b14-9+. The highest BCUT2D eigenvalue weighted by Gasteiger charge is 2.20. The van der Waals surface area contributed by atoms with Gasteiger partial charge in [0.2, 0.25) is 0 Å². The normalized spacial score (nSPS) is 11.4. The number of rotatable bonds is 7. The maximum atomic E-state index is 12.5. The first-order valence-corrected chi connectivity index (χ1v) is 10.5. The molecular formula is C21H20ClN3O5S. The molecule has 2 heterocycles. The summed E-state index contributed by atoms with van der Waals surface area (Å²) in [6, 6.07) is 6.94. The fourth-order valence-electron chi connectivity index (χ4n) is 2.82. The molecule has 0 saturated heterocycles. The van der Waals surface area contributed by atoms with Gasteiger partial charge in [-0.05, 0) is 43.2 Å². The van der Waals surface area contributed by atoms with Crippen molar-refractivity contribution in [1.29, 1.82) is 0 Å². The lowest BCUT2D eigenvalue weighted by molar-refractivity contribution is -0.122. The van der Waals surface area contributed by atoms with Gasteiger partial charge < -0.3 is 19.8 Å². The zero-order valence-electron chi connectivity index (χ0n) is 17.1. The van der Waals surface area contributed by atoms with Crippen molar-refractivity contribution < 1.29 is 19.1 Å². The number of thiophene rings is 1. The third-order valence-electron chi connectivity index (χ3n) is 4.31. The lowest BCUT2D eigenvalue weighted by Gasteiger charge is -2.06. The number of aryl methyl sites for hydroxylation is 1. The fourth-order valence-corrected chi connectivity index (χ4v) is 4.13. The average molecular weight is 462 g/mol. The van der Waals surface area contributed by atoms with Gasteiger partial charge in [-0.2, -0.15) is 0 Å². The summed E-state index contributed by atoms with van der Waals surface area (Å²) >= 11 is 7.47. The minimum atomic E-state index is -0.516. The zero-order chi connectivity index (χ0) is 22.5. The van der Waals surface area contributed by atoms with E-state index in [1.54, 1.807) is 37.3 Å². The van der Waals surface area contributed by atoms with Crippen molar-refractivity contribution in [3.05, 3.63) is 56.4 Å². The number of esters is 1. The Balaban J connectivity index is 1.83. The third kappa shape index (κ3) is 5.12. The minimum absolute atomic E-state index is 0.0667. The van der Waals surface area contributed by atoms with Gasteiger partial charge >= 0.3 is 5.97 Å². The van der Waals surface area contributed by atoms with Crippen molar-refractivity contribution >= 4 is 56.1 Å². The molecule has 0 saturated carbocycles. The number of aromatic amines is 1. The van der Waals surface area contributed by atoms with E-state index < -0.39 is 5.97 Å². The number of hydrogen-bond donors (Lipinski definition) is 2. The second-order valence-corrected chi connectivity index (χ2v) is 7.85. The number of ether oxygens (including phenoxy) is 2. The van der Waals surface area contributed by atoms with Gasteiger partial charge in [-0.15, -0.1) is 11.3 Å². The number of carbonyl (C=O) groups is 2. The predicted molar refractivity (Wildman–Crippen MR) is 121 cm³/mol. The number of hydrogen-bond acceptors (Lipinski definition) is 7. The monoisotopic (exact) mass is 461 g/mol. The highest BCUT2D eigenvalue weighted by Crippen LogP contribution is 2.29. The van der Waals surface area contributed by atoms with E-state index in [1.807, 2.05) is 6.92 Å². The third-order valence-corrected chi connectivity index (χ3v) is 5.77. The smallest absolute Gasteiger partial charge is 0.348 e. The summed E-state index contributed by atoms with van der Waals surface area (Å²) in [7, 11) is 1.28. The van der Waals surface area contributed by atoms with Crippen molar-refractivity contribution in [3.63, 3.8) is 0 Å². The molecule has 1 aromatic carbocycles. The van der Waals surface area contributed by atoms with Crippen LogP contribution in [-0.4, -0.2) is 42.1 Å². The van der Waals surface area contributed by atoms with Crippen LogP contribution in [0.25, 0.3) is 21.3 Å². The number of benzene rings is 1. The van der Waals surface area contributed by atoms with Crippen molar-refractivity contribution in [3.8, 4) is 5.75 Å². The maximum absolute atomic E-state index is 12.5. The van der Waals surface area contributed by atoms with Crippen LogP contribution < -0.4 is 15.6 Å². The summed E-state index contributed by atoms with van der Waals surface area (Å²) in [5.74, 6) is 0.0157. The molecule has 162 valence electrons. The van der Waals surface area contributed by atoms with E-state index in [-0.39, 0.29) is 28.9 Å². The van der Waals surface area contributed by atoms with Crippen LogP contribution in [0.5, 0.6) is 5.75 Å². The van der Waals surface area contributed by atoms with Crippen LogP contribution >= 0.6 is 22.9 Å². The zero-order valence-corrected chi connectivity index (χ0v) is 18.6. The molecule has 2 aromatic heterocycles. The van der Waals surface area contributed by atoms with Gasteiger partial charge in [0.25, 0.3) is 11.5 Å². The van der Waals surface area contributed by atoms with Crippen molar-refractivity contribution in [2.24, 2.45) is 0 Å². The molecule has 0 fully saturated rings. The highest BCUT2D eigenvalue weighted by molar-refractivity contribution is 7.20. The molecule has 0 unspecified atom stereocenters. The largest absolute Gasteiger partial charge is 0.484 e. The summed E-state index contributed by atoms with van der Waals surface area (Å²) in [6.45, 7) is 3.99. The quantitative estimate of drug-likeness (QED) is 0.522. The Morgan fingerprint density at radius 3 is 2.65 bits per heavy atom. The molecule has 0 bridgehead atoms. The van der Waals surface area contributed by atoms with E-state index in [0.29, 0.717) is 33.0 Å². The Bertz CT molecular complexity index is 1210. The van der Waals surface area contributed by atoms with Gasteiger partial charge in [-0.1, -0.05) is 23.7 Å². The number of halogens is 1. The van der Waals surface area contributed by atoms with E-state index in [9.17, 15) is 14.4 Å². The number of aromatic nitrogens is 2. The number of likely N-dealkylation sites (N-methyl/N-ethyl adjacent to an activating group) is 1. The SMILES string of the molecule is CCNC(=O)COc1ccc(/C=C(/Cl)c2nc3sc(C(=O)OC)c(C)c3c(=O)[nH]2)cc1. The van der Waals surface area contributed by atoms with Crippen LogP contribution in [0.15, 0.2) is 29.1 Å². The maximum Gasteiger partial charge on any atom is 0.348 e. The number of carbonyl (C=O) groups excluding carboxylic acids is 2. The molecule has 3 rings (SSSR count). The van der Waals surface area contributed by atoms with Crippen LogP contribution in [0.1, 0.15) is 33.5 Å². The Hall–Kier alpha value is -3.17. The number of nitrogens with zero attached hydrogens (tertiary/aromatic N) is 1. The molecule has 0 atom stereocenters. The number of methoxy groups -OCH3 is 1. The summed E-state index contributed by atoms with van der Waals surface area (Å²) in [6.07, 6.45) is 1.64. The number of fused-ring (bicyclic) bond motifs is 1. The van der Waals surface area contributed by atoms with Crippen molar-refractivity contribution in [2.45, 2.75) is 13.8 Å². The predicted octanol–water partition coefficient (Wildman–Crippen LogP) is 3.33. The van der Waals surface area contributed by atoms with Gasteiger partial charge in [-0.25, -0.2) is 9.78 Å². The summed E-state index contributed by atoms with van der Waals surface area (Å²) in [4.78, 5) is 43.7. The summed E-state index contributed by atoms with van der Waals surface area (Å²) < 4.78 is 10.2. The second-order valence-electron chi connectivity index (χ2n) is 6.45. The summed E-state index contributed by atoms with van der Waals surface area (Å²) in [5, 5.41) is 3.21. The Morgan fingerprint density at radius 2 is 2.00 bits per heavy atom. The molecule has 0 aliphatic carbocycles. The van der Waals surface area contributed by atoms with Crippen molar-refractivity contribution in [1.82, 2.24) is 15.3 Å². The molecule has 0 aliphatic heterocycles. The molecule has 1 amide bonds. The van der Waals surface area contributed by atoms with Gasteiger partial charge in [0, 0.05) is 6.54 Å². The van der Waals surface area contributed by atoms with Crippen LogP contribution in [0.4, 0.5) is 0 Å². The summed E-state index contributed by atoms with van der Waals surface area (Å²) in [5.41, 5.74) is 0.885. The van der Waals surface area contributed by atoms with Crippen LogP contribution in [-0.2, 0) is 9.53 Å². The number of nitrogens with one attached hydrogen (secondary N) is 2. The molecule has 0 radical (unpaired) electrons. The lowest BCUT2D eigenvalue weighted by Crippen LogP contribution is -2.28. The molecule has 10 heteroatoms. The molecular weight excluding hydrogens is 442 g/mol. The Labute approximate surface area is 186 Å². The lowest BCUT2D eigenvalue weighted by atomic mass is 10.2. The minimum Gasteiger partial charge on any atom is -0.484 e. The van der Waals surface area contributed by atoms with E-state index in [4.69, 9.17) is 21.1 Å². The first kappa shape index (κ1) is 22.5. The van der Waals surface area contributed by atoms with Gasteiger partial charge in [0.1, 0.15) is 15.5 Å². The molecule has 31 heavy (non-hydrogen) atoms. The Kier molecular flexibility index (Phi) is 7.09. The first-order valence-electron chi connectivity index (χ1n) is 9.32. The molecule has 2 N–H and O–H groups in total. The van der Waals surface area contributed by atoms with Gasteiger partial charge in [-0.3, -0.25) is 9.59 Å². The van der Waals surface area contributed by atoms with E-state index >= 15 is 0 Å². The molecule has 0 aliphatic rings. The van der Waals surface area contributed by atoms with Gasteiger partial charge in [0.05, 0.1) is 17.5 Å². The molecule has 0 spiro atoms.